The van der Waals surface area contributed by atoms with Crippen LogP contribution in [0.2, 0.25) is 10.0 Å². The fourth-order valence-electron chi connectivity index (χ4n) is 1.47. The predicted molar refractivity (Wildman–Crippen MR) is 80.3 cm³/mol. The smallest absolute Gasteiger partial charge is 0.138 e. The van der Waals surface area contributed by atoms with E-state index in [1.807, 2.05) is 5.38 Å². The third kappa shape index (κ3) is 4.35. The van der Waals surface area contributed by atoms with Crippen LogP contribution in [-0.2, 0) is 13.2 Å². The Hall–Kier alpha value is -0.810. The maximum absolute atomic E-state index is 6.03. The van der Waals surface area contributed by atoms with Crippen molar-refractivity contribution >= 4 is 34.5 Å². The number of hydrogen-bond donors (Lipinski definition) is 1. The first kappa shape index (κ1) is 14.6. The number of thiazole rings is 1. The zero-order valence-electron chi connectivity index (χ0n) is 10.5. The van der Waals surface area contributed by atoms with E-state index >= 15 is 0 Å². The lowest BCUT2D eigenvalue weighted by Crippen LogP contribution is -2.11. The van der Waals surface area contributed by atoms with Crippen LogP contribution >= 0.6 is 34.5 Å². The normalized spacial score (nSPS) is 10.7. The molecule has 0 aliphatic heterocycles. The van der Waals surface area contributed by atoms with E-state index in [1.54, 1.807) is 29.5 Å². The van der Waals surface area contributed by atoms with Gasteiger partial charge in [0.05, 0.1) is 10.7 Å². The summed E-state index contributed by atoms with van der Waals surface area (Å²) in [5.41, 5.74) is 0.906. The van der Waals surface area contributed by atoms with Gasteiger partial charge in [0.15, 0.2) is 0 Å². The lowest BCUT2D eigenvalue weighted by Gasteiger charge is -2.06. The molecule has 0 saturated carbocycles. The van der Waals surface area contributed by atoms with Crippen molar-refractivity contribution < 1.29 is 4.74 Å². The van der Waals surface area contributed by atoms with Crippen LogP contribution in [0, 0.1) is 0 Å². The number of rotatable bonds is 6. The quantitative estimate of drug-likeness (QED) is 0.869. The van der Waals surface area contributed by atoms with Crippen LogP contribution < -0.4 is 10.1 Å². The fourth-order valence-corrected chi connectivity index (χ4v) is 2.68. The van der Waals surface area contributed by atoms with Crippen molar-refractivity contribution in [2.75, 3.05) is 6.54 Å². The monoisotopic (exact) mass is 316 g/mol. The average Bonchev–Trinajstić information content (AvgIpc) is 2.83. The third-order valence-electron chi connectivity index (χ3n) is 2.40. The zero-order chi connectivity index (χ0) is 13.7. The molecule has 3 nitrogen and oxygen atoms in total. The second-order valence-electron chi connectivity index (χ2n) is 3.88. The summed E-state index contributed by atoms with van der Waals surface area (Å²) >= 11 is 13.5. The van der Waals surface area contributed by atoms with Crippen LogP contribution in [0.4, 0.5) is 0 Å². The first-order valence-electron chi connectivity index (χ1n) is 5.91. The van der Waals surface area contributed by atoms with E-state index in [2.05, 4.69) is 17.2 Å². The molecule has 0 radical (unpaired) electrons. The molecule has 102 valence electrons. The highest BCUT2D eigenvalue weighted by Gasteiger charge is 2.05. The third-order valence-corrected chi connectivity index (χ3v) is 3.82. The molecule has 0 unspecified atom stereocenters. The minimum atomic E-state index is 0.407. The number of aromatic nitrogens is 1. The van der Waals surface area contributed by atoms with Crippen LogP contribution in [0.1, 0.15) is 17.6 Å². The van der Waals surface area contributed by atoms with Crippen molar-refractivity contribution in [1.82, 2.24) is 10.3 Å². The summed E-state index contributed by atoms with van der Waals surface area (Å²) in [6.07, 6.45) is 0. The average molecular weight is 317 g/mol. The Morgan fingerprint density at radius 2 is 2.21 bits per heavy atom. The van der Waals surface area contributed by atoms with E-state index in [1.165, 1.54) is 0 Å². The molecule has 2 rings (SSSR count). The first-order chi connectivity index (χ1) is 9.19. The van der Waals surface area contributed by atoms with Gasteiger partial charge in [0.2, 0.25) is 0 Å². The Balaban J connectivity index is 1.92. The SMILES string of the molecule is CCNCc1nc(COc2ccc(Cl)cc2Cl)cs1. The van der Waals surface area contributed by atoms with Gasteiger partial charge in [0.25, 0.3) is 0 Å². The van der Waals surface area contributed by atoms with E-state index in [9.17, 15) is 0 Å². The van der Waals surface area contributed by atoms with Crippen molar-refractivity contribution in [3.63, 3.8) is 0 Å². The summed E-state index contributed by atoms with van der Waals surface area (Å²) in [7, 11) is 0. The number of nitrogens with zero attached hydrogens (tertiary/aromatic N) is 1. The van der Waals surface area contributed by atoms with Crippen LogP contribution in [0.15, 0.2) is 23.6 Å². The van der Waals surface area contributed by atoms with Gasteiger partial charge in [-0.1, -0.05) is 30.1 Å². The van der Waals surface area contributed by atoms with E-state index in [-0.39, 0.29) is 0 Å². The van der Waals surface area contributed by atoms with Crippen LogP contribution in [0.5, 0.6) is 5.75 Å². The number of benzene rings is 1. The fraction of sp³-hybridized carbons (Fsp3) is 0.308. The topological polar surface area (TPSA) is 34.2 Å². The molecule has 1 aromatic heterocycles. The van der Waals surface area contributed by atoms with Gasteiger partial charge < -0.3 is 10.1 Å². The molecule has 1 heterocycles. The summed E-state index contributed by atoms with van der Waals surface area (Å²) in [5, 5.41) is 7.40. The number of halogens is 2. The molecule has 0 atom stereocenters. The van der Waals surface area contributed by atoms with Gasteiger partial charge in [-0.15, -0.1) is 11.3 Å². The van der Waals surface area contributed by atoms with Crippen LogP contribution in [0.3, 0.4) is 0 Å². The predicted octanol–water partition coefficient (Wildman–Crippen LogP) is 4.14. The summed E-state index contributed by atoms with van der Waals surface area (Å²) in [5.74, 6) is 0.618. The molecule has 0 spiro atoms. The second kappa shape index (κ2) is 7.10. The zero-order valence-corrected chi connectivity index (χ0v) is 12.8. The molecule has 0 amide bonds. The van der Waals surface area contributed by atoms with Crippen LogP contribution in [0.25, 0.3) is 0 Å². The van der Waals surface area contributed by atoms with Gasteiger partial charge in [-0.05, 0) is 24.7 Å². The molecule has 19 heavy (non-hydrogen) atoms. The van der Waals surface area contributed by atoms with E-state index in [0.29, 0.717) is 22.4 Å². The molecule has 1 aromatic carbocycles. The van der Waals surface area contributed by atoms with Crippen molar-refractivity contribution in [1.29, 1.82) is 0 Å². The van der Waals surface area contributed by atoms with Crippen molar-refractivity contribution in [2.24, 2.45) is 0 Å². The number of hydrogen-bond acceptors (Lipinski definition) is 4. The molecule has 1 N–H and O–H groups in total. The molecule has 2 aromatic rings. The van der Waals surface area contributed by atoms with Gasteiger partial charge in [-0.25, -0.2) is 4.98 Å². The molecule has 0 bridgehead atoms. The van der Waals surface area contributed by atoms with Gasteiger partial charge in [0.1, 0.15) is 17.4 Å². The van der Waals surface area contributed by atoms with E-state index in [0.717, 1.165) is 23.8 Å². The standard InChI is InChI=1S/C13H14Cl2N2OS/c1-2-16-6-13-17-10(8-19-13)7-18-12-4-3-9(14)5-11(12)15/h3-5,8,16H,2,6-7H2,1H3. The highest BCUT2D eigenvalue weighted by molar-refractivity contribution is 7.09. The molecule has 0 saturated heterocycles. The Bertz CT molecular complexity index is 545. The van der Waals surface area contributed by atoms with Crippen molar-refractivity contribution in [3.05, 3.63) is 44.3 Å². The van der Waals surface area contributed by atoms with Gasteiger partial charge >= 0.3 is 0 Å². The summed E-state index contributed by atoms with van der Waals surface area (Å²) < 4.78 is 5.63. The van der Waals surface area contributed by atoms with E-state index < -0.39 is 0 Å². The molecule has 0 fully saturated rings. The molecule has 6 heteroatoms. The minimum Gasteiger partial charge on any atom is -0.486 e. The minimum absolute atomic E-state index is 0.407. The van der Waals surface area contributed by atoms with Crippen molar-refractivity contribution in [3.8, 4) is 5.75 Å². The summed E-state index contributed by atoms with van der Waals surface area (Å²) in [4.78, 5) is 4.47. The Kier molecular flexibility index (Phi) is 5.45. The first-order valence-corrected chi connectivity index (χ1v) is 7.54. The summed E-state index contributed by atoms with van der Waals surface area (Å²) in [6.45, 7) is 4.21. The maximum atomic E-state index is 6.03. The molecule has 0 aliphatic rings. The number of ether oxygens (including phenoxy) is 1. The van der Waals surface area contributed by atoms with Gasteiger partial charge in [-0.2, -0.15) is 0 Å². The van der Waals surface area contributed by atoms with Crippen molar-refractivity contribution in [2.45, 2.75) is 20.1 Å². The van der Waals surface area contributed by atoms with Gasteiger partial charge in [0, 0.05) is 16.9 Å². The maximum Gasteiger partial charge on any atom is 0.138 e. The Morgan fingerprint density at radius 1 is 1.37 bits per heavy atom. The highest BCUT2D eigenvalue weighted by atomic mass is 35.5. The van der Waals surface area contributed by atoms with E-state index in [4.69, 9.17) is 27.9 Å². The largest absolute Gasteiger partial charge is 0.486 e. The molecule has 0 aliphatic carbocycles. The Labute approximate surface area is 126 Å². The second-order valence-corrected chi connectivity index (χ2v) is 5.66. The lowest BCUT2D eigenvalue weighted by atomic mass is 10.3. The Morgan fingerprint density at radius 3 is 2.95 bits per heavy atom. The highest BCUT2D eigenvalue weighted by Crippen LogP contribution is 2.28. The lowest BCUT2D eigenvalue weighted by molar-refractivity contribution is 0.302. The number of nitrogens with one attached hydrogen (secondary N) is 1. The van der Waals surface area contributed by atoms with Gasteiger partial charge in [-0.3, -0.25) is 0 Å². The molecular weight excluding hydrogens is 303 g/mol. The van der Waals surface area contributed by atoms with Crippen LogP contribution in [-0.4, -0.2) is 11.5 Å². The summed E-state index contributed by atoms with van der Waals surface area (Å²) in [6, 6.07) is 5.17. The molecular formula is C13H14Cl2N2OS.